The Morgan fingerprint density at radius 3 is 2.67 bits per heavy atom. The standard InChI is InChI=1S/C10H11FN2O2/c11-8-5-7(10(14)15)6-12-9(8)13-3-1-2-4-13/h5-6H,1-4H2,(H,14,15). The molecule has 15 heavy (non-hydrogen) atoms. The van der Waals surface area contributed by atoms with Crippen LogP contribution >= 0.6 is 0 Å². The molecule has 1 aliphatic heterocycles. The zero-order valence-electron chi connectivity index (χ0n) is 8.11. The van der Waals surface area contributed by atoms with Crippen molar-refractivity contribution >= 4 is 11.8 Å². The van der Waals surface area contributed by atoms with Crippen molar-refractivity contribution in [2.24, 2.45) is 0 Å². The first kappa shape index (κ1) is 9.89. The number of aromatic nitrogens is 1. The molecule has 1 aromatic rings. The minimum Gasteiger partial charge on any atom is -0.478 e. The van der Waals surface area contributed by atoms with Crippen LogP contribution in [0, 0.1) is 5.82 Å². The molecular formula is C10H11FN2O2. The number of halogens is 1. The van der Waals surface area contributed by atoms with Gasteiger partial charge >= 0.3 is 5.97 Å². The van der Waals surface area contributed by atoms with Crippen LogP contribution in [-0.2, 0) is 0 Å². The van der Waals surface area contributed by atoms with Crippen molar-refractivity contribution in [3.8, 4) is 0 Å². The normalized spacial score (nSPS) is 15.7. The predicted octanol–water partition coefficient (Wildman–Crippen LogP) is 1.52. The number of carbonyl (C=O) groups is 1. The van der Waals surface area contributed by atoms with Crippen LogP contribution in [0.25, 0.3) is 0 Å². The number of pyridine rings is 1. The second-order valence-corrected chi connectivity index (χ2v) is 3.53. The largest absolute Gasteiger partial charge is 0.478 e. The van der Waals surface area contributed by atoms with Gasteiger partial charge in [0.05, 0.1) is 5.56 Å². The van der Waals surface area contributed by atoms with E-state index in [1.54, 1.807) is 0 Å². The zero-order valence-corrected chi connectivity index (χ0v) is 8.11. The average molecular weight is 210 g/mol. The molecule has 1 aliphatic rings. The molecule has 80 valence electrons. The van der Waals surface area contributed by atoms with Gasteiger partial charge < -0.3 is 10.0 Å². The Morgan fingerprint density at radius 1 is 1.47 bits per heavy atom. The van der Waals surface area contributed by atoms with Crippen LogP contribution in [-0.4, -0.2) is 29.1 Å². The molecule has 2 heterocycles. The van der Waals surface area contributed by atoms with E-state index >= 15 is 0 Å². The molecule has 4 nitrogen and oxygen atoms in total. The Hall–Kier alpha value is -1.65. The highest BCUT2D eigenvalue weighted by Crippen LogP contribution is 2.21. The third-order valence-corrected chi connectivity index (χ3v) is 2.47. The van der Waals surface area contributed by atoms with Crippen LogP contribution in [0.1, 0.15) is 23.2 Å². The van der Waals surface area contributed by atoms with E-state index in [0.29, 0.717) is 0 Å². The predicted molar refractivity (Wildman–Crippen MR) is 52.6 cm³/mol. The number of hydrogen-bond acceptors (Lipinski definition) is 3. The Balaban J connectivity index is 2.29. The molecule has 1 N–H and O–H groups in total. The van der Waals surface area contributed by atoms with Crippen molar-refractivity contribution in [2.75, 3.05) is 18.0 Å². The van der Waals surface area contributed by atoms with Crippen molar-refractivity contribution in [1.29, 1.82) is 0 Å². The first-order valence-electron chi connectivity index (χ1n) is 4.82. The van der Waals surface area contributed by atoms with Crippen LogP contribution in [0.15, 0.2) is 12.3 Å². The van der Waals surface area contributed by atoms with Crippen LogP contribution in [0.5, 0.6) is 0 Å². The molecule has 1 aromatic heterocycles. The number of anilines is 1. The summed E-state index contributed by atoms with van der Waals surface area (Å²) in [5, 5.41) is 8.65. The van der Waals surface area contributed by atoms with Crippen LogP contribution < -0.4 is 4.90 Å². The number of carboxylic acid groups (broad SMARTS) is 1. The van der Waals surface area contributed by atoms with Crippen LogP contribution in [0.4, 0.5) is 10.2 Å². The Morgan fingerprint density at radius 2 is 2.13 bits per heavy atom. The van der Waals surface area contributed by atoms with Crippen molar-refractivity contribution < 1.29 is 14.3 Å². The van der Waals surface area contributed by atoms with E-state index in [4.69, 9.17) is 5.11 Å². The zero-order chi connectivity index (χ0) is 10.8. The summed E-state index contributed by atoms with van der Waals surface area (Å²) in [5.74, 6) is -1.45. The first-order chi connectivity index (χ1) is 7.18. The maximum Gasteiger partial charge on any atom is 0.337 e. The summed E-state index contributed by atoms with van der Waals surface area (Å²) >= 11 is 0. The summed E-state index contributed by atoms with van der Waals surface area (Å²) in [7, 11) is 0. The van der Waals surface area contributed by atoms with E-state index in [9.17, 15) is 9.18 Å². The third-order valence-electron chi connectivity index (χ3n) is 2.47. The molecule has 1 fully saturated rings. The van der Waals surface area contributed by atoms with Gasteiger partial charge in [-0.25, -0.2) is 14.2 Å². The smallest absolute Gasteiger partial charge is 0.337 e. The SMILES string of the molecule is O=C(O)c1cnc(N2CCCC2)c(F)c1. The van der Waals surface area contributed by atoms with Crippen molar-refractivity contribution in [3.63, 3.8) is 0 Å². The molecule has 0 radical (unpaired) electrons. The highest BCUT2D eigenvalue weighted by Gasteiger charge is 2.18. The third kappa shape index (κ3) is 1.91. The lowest BCUT2D eigenvalue weighted by molar-refractivity contribution is 0.0696. The van der Waals surface area contributed by atoms with Crippen molar-refractivity contribution in [2.45, 2.75) is 12.8 Å². The van der Waals surface area contributed by atoms with Gasteiger partial charge in [0, 0.05) is 19.3 Å². The minimum atomic E-state index is -1.16. The fourth-order valence-electron chi connectivity index (χ4n) is 1.71. The van der Waals surface area contributed by atoms with E-state index in [2.05, 4.69) is 4.98 Å². The van der Waals surface area contributed by atoms with Crippen molar-refractivity contribution in [3.05, 3.63) is 23.6 Å². The molecule has 5 heteroatoms. The molecule has 0 unspecified atom stereocenters. The van der Waals surface area contributed by atoms with E-state index in [0.717, 1.165) is 32.0 Å². The second-order valence-electron chi connectivity index (χ2n) is 3.53. The lowest BCUT2D eigenvalue weighted by Crippen LogP contribution is -2.20. The van der Waals surface area contributed by atoms with Gasteiger partial charge in [-0.05, 0) is 18.9 Å². The second kappa shape index (κ2) is 3.84. The molecule has 0 spiro atoms. The lowest BCUT2D eigenvalue weighted by atomic mass is 10.3. The molecule has 0 aromatic carbocycles. The van der Waals surface area contributed by atoms with Crippen molar-refractivity contribution in [1.82, 2.24) is 4.98 Å². The molecule has 0 atom stereocenters. The van der Waals surface area contributed by atoms with Crippen LogP contribution in [0.2, 0.25) is 0 Å². The number of carboxylic acids is 1. The number of nitrogens with zero attached hydrogens (tertiary/aromatic N) is 2. The minimum absolute atomic E-state index is 0.115. The highest BCUT2D eigenvalue weighted by molar-refractivity contribution is 5.87. The van der Waals surface area contributed by atoms with E-state index in [1.165, 1.54) is 6.20 Å². The molecular weight excluding hydrogens is 199 g/mol. The maximum absolute atomic E-state index is 13.5. The summed E-state index contributed by atoms with van der Waals surface area (Å²) in [5.41, 5.74) is -0.115. The molecule has 0 amide bonds. The van der Waals surface area contributed by atoms with Crippen LogP contribution in [0.3, 0.4) is 0 Å². The number of hydrogen-bond donors (Lipinski definition) is 1. The van der Waals surface area contributed by atoms with Gasteiger partial charge in [-0.1, -0.05) is 0 Å². The Kier molecular flexibility index (Phi) is 2.53. The Labute approximate surface area is 86.4 Å². The summed E-state index contributed by atoms with van der Waals surface area (Å²) in [6.45, 7) is 1.58. The lowest BCUT2D eigenvalue weighted by Gasteiger charge is -2.16. The Bertz CT molecular complexity index is 389. The molecule has 0 aliphatic carbocycles. The monoisotopic (exact) mass is 210 g/mol. The molecule has 0 bridgehead atoms. The van der Waals surface area contributed by atoms with E-state index in [-0.39, 0.29) is 11.4 Å². The fraction of sp³-hybridized carbons (Fsp3) is 0.400. The summed E-state index contributed by atoms with van der Waals surface area (Å²) in [6.07, 6.45) is 3.25. The van der Waals surface area contributed by atoms with Gasteiger partial charge in [0.25, 0.3) is 0 Å². The number of rotatable bonds is 2. The quantitative estimate of drug-likeness (QED) is 0.804. The van der Waals surface area contributed by atoms with Gasteiger partial charge in [0.15, 0.2) is 11.6 Å². The molecule has 0 saturated carbocycles. The van der Waals surface area contributed by atoms with E-state index in [1.807, 2.05) is 4.90 Å². The summed E-state index contributed by atoms with van der Waals surface area (Å²) in [6, 6.07) is 1.02. The van der Waals surface area contributed by atoms with Gasteiger partial charge in [-0.15, -0.1) is 0 Å². The van der Waals surface area contributed by atoms with Gasteiger partial charge in [0.2, 0.25) is 0 Å². The van der Waals surface area contributed by atoms with E-state index < -0.39 is 11.8 Å². The highest BCUT2D eigenvalue weighted by atomic mass is 19.1. The van der Waals surface area contributed by atoms with Gasteiger partial charge in [0.1, 0.15) is 0 Å². The topological polar surface area (TPSA) is 53.4 Å². The summed E-state index contributed by atoms with van der Waals surface area (Å²) < 4.78 is 13.5. The molecule has 1 saturated heterocycles. The number of aromatic carboxylic acids is 1. The first-order valence-corrected chi connectivity index (χ1v) is 4.82. The average Bonchev–Trinajstić information content (AvgIpc) is 2.70. The van der Waals surface area contributed by atoms with Gasteiger partial charge in [-0.2, -0.15) is 0 Å². The van der Waals surface area contributed by atoms with Gasteiger partial charge in [-0.3, -0.25) is 0 Å². The fourth-order valence-corrected chi connectivity index (χ4v) is 1.71. The maximum atomic E-state index is 13.5. The summed E-state index contributed by atoms with van der Waals surface area (Å²) in [4.78, 5) is 16.3. The molecule has 2 rings (SSSR count).